The number of benzene rings is 2. The molecule has 1 aliphatic carbocycles. The number of nitrogens with one attached hydrogen (secondary N) is 2. The monoisotopic (exact) mass is 478 g/mol. The first-order valence-corrected chi connectivity index (χ1v) is 12.5. The lowest BCUT2D eigenvalue weighted by molar-refractivity contribution is 0.0943. The molecule has 4 aromatic rings. The average molecular weight is 479 g/mol. The molecule has 5 rings (SSSR count). The van der Waals surface area contributed by atoms with Gasteiger partial charge < -0.3 is 15.0 Å². The van der Waals surface area contributed by atoms with E-state index in [1.807, 2.05) is 31.3 Å². The van der Waals surface area contributed by atoms with Crippen LogP contribution in [0.2, 0.25) is 0 Å². The number of carbonyl (C=O) groups excluding carboxylic acids is 1. The molecule has 6 nitrogen and oxygen atoms in total. The summed E-state index contributed by atoms with van der Waals surface area (Å²) in [6.45, 7) is 2.58. The van der Waals surface area contributed by atoms with Crippen molar-refractivity contribution >= 4 is 16.8 Å². The van der Waals surface area contributed by atoms with Gasteiger partial charge in [-0.25, -0.2) is 0 Å². The molecule has 1 aliphatic rings. The number of rotatable bonds is 6. The number of aromatic amines is 1. The van der Waals surface area contributed by atoms with Crippen molar-refractivity contribution in [3.63, 3.8) is 0 Å². The van der Waals surface area contributed by atoms with Gasteiger partial charge in [-0.15, -0.1) is 0 Å². The van der Waals surface area contributed by atoms with Gasteiger partial charge in [-0.3, -0.25) is 9.78 Å². The zero-order valence-electron chi connectivity index (χ0n) is 20.7. The number of para-hydroxylation sites is 2. The number of carbonyl (C=O) groups is 1. The van der Waals surface area contributed by atoms with Crippen LogP contribution in [0.5, 0.6) is 5.75 Å². The van der Waals surface area contributed by atoms with Gasteiger partial charge in [-0.05, 0) is 80.3 Å². The third-order valence-corrected chi connectivity index (χ3v) is 7.33. The molecule has 0 saturated heterocycles. The molecule has 0 spiro atoms. The number of ether oxygens (including phenoxy) is 1. The van der Waals surface area contributed by atoms with E-state index in [1.54, 1.807) is 19.2 Å². The van der Waals surface area contributed by atoms with Gasteiger partial charge in [0.05, 0.1) is 29.4 Å². The van der Waals surface area contributed by atoms with Gasteiger partial charge in [0.15, 0.2) is 0 Å². The van der Waals surface area contributed by atoms with Crippen LogP contribution in [0.3, 0.4) is 0 Å². The van der Waals surface area contributed by atoms with Crippen molar-refractivity contribution < 1.29 is 9.53 Å². The Hall–Kier alpha value is -4.11. The molecule has 2 N–H and O–H groups in total. The molecule has 0 bridgehead atoms. The molecule has 0 aliphatic heterocycles. The van der Waals surface area contributed by atoms with E-state index < -0.39 is 0 Å². The average Bonchev–Trinajstić information content (AvgIpc) is 3.32. The summed E-state index contributed by atoms with van der Waals surface area (Å²) in [5.41, 5.74) is 5.71. The van der Waals surface area contributed by atoms with E-state index in [0.29, 0.717) is 46.5 Å². The minimum absolute atomic E-state index is 0.110. The first-order valence-electron chi connectivity index (χ1n) is 12.5. The van der Waals surface area contributed by atoms with E-state index in [0.717, 1.165) is 36.9 Å². The first kappa shape index (κ1) is 23.6. The van der Waals surface area contributed by atoms with Crippen LogP contribution in [0.4, 0.5) is 0 Å². The number of methoxy groups -OCH3 is 1. The summed E-state index contributed by atoms with van der Waals surface area (Å²) in [4.78, 5) is 21.0. The van der Waals surface area contributed by atoms with Gasteiger partial charge in [0, 0.05) is 29.4 Å². The first-order chi connectivity index (χ1) is 17.6. The Labute approximate surface area is 211 Å². The van der Waals surface area contributed by atoms with Crippen LogP contribution in [0.1, 0.15) is 58.8 Å². The Bertz CT molecular complexity index is 1440. The number of nitriles is 1. The van der Waals surface area contributed by atoms with Crippen LogP contribution >= 0.6 is 0 Å². The molecule has 182 valence electrons. The number of aromatic nitrogens is 2. The highest BCUT2D eigenvalue weighted by atomic mass is 16.5. The van der Waals surface area contributed by atoms with Crippen molar-refractivity contribution in [3.05, 3.63) is 83.2 Å². The smallest absolute Gasteiger partial charge is 0.253 e. The highest BCUT2D eigenvalue weighted by Crippen LogP contribution is 2.38. The Morgan fingerprint density at radius 2 is 1.94 bits per heavy atom. The molecule has 0 atom stereocenters. The summed E-state index contributed by atoms with van der Waals surface area (Å²) in [5.74, 6) is 1.35. The molecule has 2 aromatic carbocycles. The SMILES string of the molecule is COc1c(C#N)cccc1-c1[nH]c(C)cc1C(=O)NCC1CCC(c2ccnc3ccccc23)CC1. The lowest BCUT2D eigenvalue weighted by Gasteiger charge is -2.29. The fourth-order valence-corrected chi connectivity index (χ4v) is 5.51. The van der Waals surface area contributed by atoms with Gasteiger partial charge in [-0.1, -0.05) is 24.3 Å². The van der Waals surface area contributed by atoms with E-state index in [4.69, 9.17) is 4.74 Å². The van der Waals surface area contributed by atoms with Crippen LogP contribution in [0.25, 0.3) is 22.2 Å². The summed E-state index contributed by atoms with van der Waals surface area (Å²) in [6, 6.07) is 19.9. The maximum absolute atomic E-state index is 13.2. The second kappa shape index (κ2) is 10.2. The third kappa shape index (κ3) is 4.57. The molecule has 1 fully saturated rings. The maximum Gasteiger partial charge on any atom is 0.253 e. The van der Waals surface area contributed by atoms with Gasteiger partial charge in [0.1, 0.15) is 11.8 Å². The van der Waals surface area contributed by atoms with E-state index in [9.17, 15) is 10.1 Å². The Kier molecular flexibility index (Phi) is 6.73. The largest absolute Gasteiger partial charge is 0.495 e. The number of aryl methyl sites for hydroxylation is 1. The molecule has 2 aromatic heterocycles. The van der Waals surface area contributed by atoms with Crippen LogP contribution < -0.4 is 10.1 Å². The summed E-state index contributed by atoms with van der Waals surface area (Å²) < 4.78 is 5.52. The predicted octanol–water partition coefficient (Wildman–Crippen LogP) is 6.12. The molecule has 2 heterocycles. The predicted molar refractivity (Wildman–Crippen MR) is 141 cm³/mol. The van der Waals surface area contributed by atoms with Crippen LogP contribution in [-0.4, -0.2) is 29.5 Å². The van der Waals surface area contributed by atoms with Crippen molar-refractivity contribution in [2.45, 2.75) is 38.5 Å². The van der Waals surface area contributed by atoms with Crippen LogP contribution in [0, 0.1) is 24.2 Å². The van der Waals surface area contributed by atoms with Gasteiger partial charge in [0.2, 0.25) is 0 Å². The maximum atomic E-state index is 13.2. The number of amides is 1. The number of H-pyrrole nitrogens is 1. The summed E-state index contributed by atoms with van der Waals surface area (Å²) in [7, 11) is 1.54. The summed E-state index contributed by atoms with van der Waals surface area (Å²) >= 11 is 0. The minimum atomic E-state index is -0.110. The Morgan fingerprint density at radius 3 is 2.72 bits per heavy atom. The van der Waals surface area contributed by atoms with Crippen molar-refractivity contribution in [3.8, 4) is 23.1 Å². The third-order valence-electron chi connectivity index (χ3n) is 7.33. The van der Waals surface area contributed by atoms with Crippen molar-refractivity contribution in [2.24, 2.45) is 5.92 Å². The molecule has 0 unspecified atom stereocenters. The van der Waals surface area contributed by atoms with E-state index in [-0.39, 0.29) is 5.91 Å². The molecule has 1 amide bonds. The zero-order chi connectivity index (χ0) is 25.1. The summed E-state index contributed by atoms with van der Waals surface area (Å²) in [6.07, 6.45) is 6.31. The van der Waals surface area contributed by atoms with Crippen LogP contribution in [0.15, 0.2) is 60.8 Å². The lowest BCUT2D eigenvalue weighted by Crippen LogP contribution is -2.31. The number of fused-ring (bicyclic) bond motifs is 1. The quantitative estimate of drug-likeness (QED) is 0.349. The standard InChI is InChI=1S/C30H30N4O2/c1-19-16-26(28(34-19)25-8-5-6-22(17-31)29(25)36-2)30(35)33-18-20-10-12-21(13-11-20)23-14-15-32-27-9-4-3-7-24(23)27/h3-9,14-16,20-21,34H,10-13,18H2,1-2H3,(H,33,35). The molecular weight excluding hydrogens is 448 g/mol. The highest BCUT2D eigenvalue weighted by Gasteiger charge is 2.25. The summed E-state index contributed by atoms with van der Waals surface area (Å²) in [5, 5.41) is 13.9. The van der Waals surface area contributed by atoms with Crippen molar-refractivity contribution in [2.75, 3.05) is 13.7 Å². The van der Waals surface area contributed by atoms with Crippen molar-refractivity contribution in [1.29, 1.82) is 5.26 Å². The number of nitrogens with zero attached hydrogens (tertiary/aromatic N) is 2. The molecule has 6 heteroatoms. The Morgan fingerprint density at radius 1 is 1.14 bits per heavy atom. The topological polar surface area (TPSA) is 90.8 Å². The fraction of sp³-hybridized carbons (Fsp3) is 0.300. The zero-order valence-corrected chi connectivity index (χ0v) is 20.7. The normalized spacial score (nSPS) is 17.5. The minimum Gasteiger partial charge on any atom is -0.495 e. The number of hydrogen-bond acceptors (Lipinski definition) is 4. The van der Waals surface area contributed by atoms with E-state index >= 15 is 0 Å². The van der Waals surface area contributed by atoms with Crippen LogP contribution in [-0.2, 0) is 0 Å². The number of hydrogen-bond donors (Lipinski definition) is 2. The molecule has 36 heavy (non-hydrogen) atoms. The Balaban J connectivity index is 1.26. The fourth-order valence-electron chi connectivity index (χ4n) is 5.51. The second-order valence-corrected chi connectivity index (χ2v) is 9.58. The number of pyridine rings is 1. The molecule has 1 saturated carbocycles. The lowest BCUT2D eigenvalue weighted by atomic mass is 9.78. The van der Waals surface area contributed by atoms with Gasteiger partial charge >= 0.3 is 0 Å². The highest BCUT2D eigenvalue weighted by molar-refractivity contribution is 6.01. The van der Waals surface area contributed by atoms with Crippen molar-refractivity contribution in [1.82, 2.24) is 15.3 Å². The molecule has 0 radical (unpaired) electrons. The van der Waals surface area contributed by atoms with E-state index in [1.165, 1.54) is 10.9 Å². The second-order valence-electron chi connectivity index (χ2n) is 9.58. The van der Waals surface area contributed by atoms with Gasteiger partial charge in [-0.2, -0.15) is 5.26 Å². The molecular formula is C30H30N4O2. The van der Waals surface area contributed by atoms with Gasteiger partial charge in [0.25, 0.3) is 5.91 Å². The van der Waals surface area contributed by atoms with E-state index in [2.05, 4.69) is 45.6 Å².